The molecule has 3 nitrogen and oxygen atoms in total. The largest absolute Gasteiger partial charge is 0.340 e. The third kappa shape index (κ3) is 2.43. The van der Waals surface area contributed by atoms with Crippen LogP contribution in [0.15, 0.2) is 42.5 Å². The summed E-state index contributed by atoms with van der Waals surface area (Å²) in [5.41, 5.74) is 7.00. The minimum atomic E-state index is -0.519. The number of likely N-dealkylation sites (tertiary alicyclic amines) is 1. The van der Waals surface area contributed by atoms with Crippen LogP contribution in [0, 0.1) is 11.8 Å². The molecule has 19 heavy (non-hydrogen) atoms. The molecule has 0 unspecified atom stereocenters. The van der Waals surface area contributed by atoms with Crippen molar-refractivity contribution in [3.05, 3.63) is 48.0 Å². The van der Waals surface area contributed by atoms with Gasteiger partial charge in [-0.25, -0.2) is 0 Å². The first-order chi connectivity index (χ1) is 9.25. The number of nitrogens with zero attached hydrogens (tertiary/aromatic N) is 1. The Hall–Kier alpha value is -1.61. The molecule has 2 N–H and O–H groups in total. The molecule has 1 amide bonds. The molecule has 0 aromatic heterocycles. The van der Waals surface area contributed by atoms with Crippen molar-refractivity contribution in [1.29, 1.82) is 0 Å². The highest BCUT2D eigenvalue weighted by molar-refractivity contribution is 5.83. The standard InChI is InChI=1S/C16H20N2O/c17-15(12-6-2-1-3-7-12)16(19)18-10-13-8-4-5-9-14(13)11-18/h1-7,13-15H,8-11,17H2/t13-,14-,15+/m1/s1. The second-order valence-electron chi connectivity index (χ2n) is 5.59. The second kappa shape index (κ2) is 5.17. The molecular formula is C16H20N2O. The smallest absolute Gasteiger partial charge is 0.244 e. The minimum Gasteiger partial charge on any atom is -0.340 e. The Balaban J connectivity index is 1.68. The first-order valence-corrected chi connectivity index (χ1v) is 7.00. The minimum absolute atomic E-state index is 0.0700. The zero-order valence-electron chi connectivity index (χ0n) is 11.0. The lowest BCUT2D eigenvalue weighted by atomic mass is 9.86. The van der Waals surface area contributed by atoms with Gasteiger partial charge in [0.15, 0.2) is 0 Å². The van der Waals surface area contributed by atoms with Gasteiger partial charge in [-0.3, -0.25) is 4.79 Å². The molecule has 3 heteroatoms. The summed E-state index contributed by atoms with van der Waals surface area (Å²) in [5, 5.41) is 0. The van der Waals surface area contributed by atoms with E-state index in [1.165, 1.54) is 0 Å². The lowest BCUT2D eigenvalue weighted by Gasteiger charge is -2.21. The van der Waals surface area contributed by atoms with Gasteiger partial charge in [0.25, 0.3) is 0 Å². The van der Waals surface area contributed by atoms with E-state index in [4.69, 9.17) is 5.73 Å². The predicted molar refractivity (Wildman–Crippen MR) is 75.3 cm³/mol. The Morgan fingerprint density at radius 1 is 1.11 bits per heavy atom. The van der Waals surface area contributed by atoms with Crippen molar-refractivity contribution in [2.24, 2.45) is 17.6 Å². The van der Waals surface area contributed by atoms with Crippen molar-refractivity contribution in [3.8, 4) is 0 Å². The fourth-order valence-electron chi connectivity index (χ4n) is 3.19. The summed E-state index contributed by atoms with van der Waals surface area (Å²) in [4.78, 5) is 14.4. The highest BCUT2D eigenvalue weighted by atomic mass is 16.2. The third-order valence-corrected chi connectivity index (χ3v) is 4.36. The molecule has 0 spiro atoms. The summed E-state index contributed by atoms with van der Waals surface area (Å²) >= 11 is 0. The molecular weight excluding hydrogens is 236 g/mol. The first kappa shape index (κ1) is 12.4. The van der Waals surface area contributed by atoms with Crippen LogP contribution in [0.2, 0.25) is 0 Å². The van der Waals surface area contributed by atoms with Gasteiger partial charge in [0, 0.05) is 13.1 Å². The zero-order chi connectivity index (χ0) is 13.2. The van der Waals surface area contributed by atoms with Gasteiger partial charge < -0.3 is 10.6 Å². The number of benzene rings is 1. The molecule has 1 aromatic rings. The molecule has 2 aliphatic rings. The van der Waals surface area contributed by atoms with E-state index in [9.17, 15) is 4.79 Å². The molecule has 0 radical (unpaired) electrons. The van der Waals surface area contributed by atoms with Crippen LogP contribution < -0.4 is 5.73 Å². The topological polar surface area (TPSA) is 46.3 Å². The van der Waals surface area contributed by atoms with Gasteiger partial charge >= 0.3 is 0 Å². The number of carbonyl (C=O) groups is 1. The summed E-state index contributed by atoms with van der Waals surface area (Å²) in [6.45, 7) is 1.74. The summed E-state index contributed by atoms with van der Waals surface area (Å²) in [5.74, 6) is 1.34. The van der Waals surface area contributed by atoms with Gasteiger partial charge in [-0.05, 0) is 30.2 Å². The van der Waals surface area contributed by atoms with Crippen LogP contribution in [0.3, 0.4) is 0 Å². The van der Waals surface area contributed by atoms with Crippen molar-refractivity contribution in [2.75, 3.05) is 13.1 Å². The predicted octanol–water partition coefficient (Wildman–Crippen LogP) is 2.11. The molecule has 1 aliphatic heterocycles. The maximum absolute atomic E-state index is 12.5. The Kier molecular flexibility index (Phi) is 3.38. The second-order valence-corrected chi connectivity index (χ2v) is 5.59. The van der Waals surface area contributed by atoms with E-state index in [0.717, 1.165) is 31.5 Å². The summed E-state index contributed by atoms with van der Waals surface area (Å²) in [6.07, 6.45) is 6.70. The molecule has 3 atom stereocenters. The third-order valence-electron chi connectivity index (χ3n) is 4.36. The SMILES string of the molecule is N[C@H](C(=O)N1C[C@H]2CC=CC[C@@H]2C1)c1ccccc1. The number of carbonyl (C=O) groups excluding carboxylic acids is 1. The summed E-state index contributed by atoms with van der Waals surface area (Å²) < 4.78 is 0. The van der Waals surface area contributed by atoms with E-state index in [1.807, 2.05) is 35.2 Å². The van der Waals surface area contributed by atoms with E-state index in [2.05, 4.69) is 12.2 Å². The quantitative estimate of drug-likeness (QED) is 0.824. The fourth-order valence-corrected chi connectivity index (χ4v) is 3.19. The van der Waals surface area contributed by atoms with E-state index in [0.29, 0.717) is 11.8 Å². The highest BCUT2D eigenvalue weighted by Gasteiger charge is 2.36. The number of rotatable bonds is 2. The number of hydrogen-bond acceptors (Lipinski definition) is 2. The van der Waals surface area contributed by atoms with E-state index in [1.54, 1.807) is 0 Å². The van der Waals surface area contributed by atoms with Crippen LogP contribution in [0.25, 0.3) is 0 Å². The van der Waals surface area contributed by atoms with Crippen molar-refractivity contribution in [1.82, 2.24) is 4.90 Å². The van der Waals surface area contributed by atoms with Crippen LogP contribution >= 0.6 is 0 Å². The molecule has 1 aromatic carbocycles. The zero-order valence-corrected chi connectivity index (χ0v) is 11.0. The molecule has 100 valence electrons. The Bertz CT molecular complexity index is 467. The van der Waals surface area contributed by atoms with Crippen LogP contribution in [0.5, 0.6) is 0 Å². The molecule has 1 saturated heterocycles. The van der Waals surface area contributed by atoms with Gasteiger partial charge in [0.1, 0.15) is 6.04 Å². The Morgan fingerprint density at radius 2 is 1.68 bits per heavy atom. The maximum Gasteiger partial charge on any atom is 0.244 e. The van der Waals surface area contributed by atoms with Crippen LogP contribution in [0.4, 0.5) is 0 Å². The Labute approximate surface area is 114 Å². The fraction of sp³-hybridized carbons (Fsp3) is 0.438. The van der Waals surface area contributed by atoms with Crippen molar-refractivity contribution < 1.29 is 4.79 Å². The van der Waals surface area contributed by atoms with Gasteiger partial charge in [-0.2, -0.15) is 0 Å². The monoisotopic (exact) mass is 256 g/mol. The molecule has 0 bridgehead atoms. The van der Waals surface area contributed by atoms with Crippen LogP contribution in [-0.2, 0) is 4.79 Å². The Morgan fingerprint density at radius 3 is 2.26 bits per heavy atom. The molecule has 3 rings (SSSR count). The van der Waals surface area contributed by atoms with Crippen molar-refractivity contribution in [3.63, 3.8) is 0 Å². The lowest BCUT2D eigenvalue weighted by molar-refractivity contribution is -0.131. The number of allylic oxidation sites excluding steroid dienone is 2. The van der Waals surface area contributed by atoms with Crippen LogP contribution in [0.1, 0.15) is 24.4 Å². The van der Waals surface area contributed by atoms with E-state index in [-0.39, 0.29) is 5.91 Å². The number of hydrogen-bond donors (Lipinski definition) is 1. The number of amides is 1. The van der Waals surface area contributed by atoms with E-state index < -0.39 is 6.04 Å². The average Bonchev–Trinajstić information content (AvgIpc) is 2.90. The van der Waals surface area contributed by atoms with Crippen molar-refractivity contribution >= 4 is 5.91 Å². The van der Waals surface area contributed by atoms with Gasteiger partial charge in [-0.1, -0.05) is 42.5 Å². The molecule has 1 heterocycles. The molecule has 1 aliphatic carbocycles. The molecule has 1 fully saturated rings. The van der Waals surface area contributed by atoms with Crippen LogP contribution in [-0.4, -0.2) is 23.9 Å². The van der Waals surface area contributed by atoms with Crippen molar-refractivity contribution in [2.45, 2.75) is 18.9 Å². The first-order valence-electron chi connectivity index (χ1n) is 7.00. The highest BCUT2D eigenvalue weighted by Crippen LogP contribution is 2.33. The summed E-state index contributed by atoms with van der Waals surface area (Å²) in [6, 6.07) is 9.12. The number of fused-ring (bicyclic) bond motifs is 1. The maximum atomic E-state index is 12.5. The van der Waals surface area contributed by atoms with Gasteiger partial charge in [0.2, 0.25) is 5.91 Å². The average molecular weight is 256 g/mol. The summed E-state index contributed by atoms with van der Waals surface area (Å²) in [7, 11) is 0. The van der Waals surface area contributed by atoms with Gasteiger partial charge in [0.05, 0.1) is 0 Å². The lowest BCUT2D eigenvalue weighted by Crippen LogP contribution is -2.37. The number of nitrogens with two attached hydrogens (primary N) is 1. The molecule has 0 saturated carbocycles. The van der Waals surface area contributed by atoms with E-state index >= 15 is 0 Å². The normalized spacial score (nSPS) is 27.1. The van der Waals surface area contributed by atoms with Gasteiger partial charge in [-0.15, -0.1) is 0 Å².